The van der Waals surface area contributed by atoms with Crippen LogP contribution in [0.1, 0.15) is 11.1 Å². The molecule has 4 heterocycles. The van der Waals surface area contributed by atoms with Gasteiger partial charge in [-0.25, -0.2) is 0 Å². The molecule has 0 bridgehead atoms. The predicted octanol–water partition coefficient (Wildman–Crippen LogP) is 4.64. The topological polar surface area (TPSA) is 36.9 Å². The standard InChI is InChI=1S/C36H20B2O4/c1-3-9-25-21(7-1)37-23-17-19-15-16-20-18-24-36(32(31(19)20)35(23)41-29-13-5-11-27(39-25)33(29)37)42-30-14-6-12-28-34(30)38(24)22-8-2-4-10-26(22)40-28/h1-18,29,33H. The van der Waals surface area contributed by atoms with Crippen molar-refractivity contribution in [1.29, 1.82) is 0 Å². The van der Waals surface area contributed by atoms with Crippen LogP contribution in [0, 0.1) is 0 Å². The van der Waals surface area contributed by atoms with E-state index in [1.165, 1.54) is 27.4 Å². The summed E-state index contributed by atoms with van der Waals surface area (Å²) in [5.74, 6) is 6.37. The van der Waals surface area contributed by atoms with Crippen LogP contribution in [-0.4, -0.2) is 19.5 Å². The number of hydrogen-bond acceptors (Lipinski definition) is 4. The molecule has 11 rings (SSSR count). The van der Waals surface area contributed by atoms with Crippen LogP contribution < -0.4 is 46.3 Å². The highest BCUT2D eigenvalue weighted by molar-refractivity contribution is 6.98. The van der Waals surface area contributed by atoms with Gasteiger partial charge in [0, 0.05) is 16.7 Å². The molecule has 0 radical (unpaired) electrons. The molecule has 0 amide bonds. The number of allylic oxidation sites excluding steroid dienone is 2. The second-order valence-corrected chi connectivity index (χ2v) is 11.9. The van der Waals surface area contributed by atoms with Crippen molar-refractivity contribution in [2.24, 2.45) is 0 Å². The van der Waals surface area contributed by atoms with Crippen LogP contribution in [0.4, 0.5) is 0 Å². The molecule has 5 aromatic rings. The van der Waals surface area contributed by atoms with E-state index in [-0.39, 0.29) is 25.3 Å². The Bertz CT molecular complexity index is 2200. The van der Waals surface area contributed by atoms with Gasteiger partial charge in [0.25, 0.3) is 6.71 Å². The van der Waals surface area contributed by atoms with E-state index in [0.717, 1.165) is 62.0 Å². The smallest absolute Gasteiger partial charge is 0.260 e. The average Bonchev–Trinajstić information content (AvgIpc) is 3.44. The van der Waals surface area contributed by atoms with E-state index in [1.54, 1.807) is 0 Å². The molecule has 2 aliphatic carbocycles. The van der Waals surface area contributed by atoms with Crippen molar-refractivity contribution in [3.63, 3.8) is 0 Å². The van der Waals surface area contributed by atoms with Gasteiger partial charge in [-0.15, -0.1) is 0 Å². The minimum absolute atomic E-state index is 0.00288. The highest BCUT2D eigenvalue weighted by atomic mass is 16.5. The lowest BCUT2D eigenvalue weighted by molar-refractivity contribution is 0.221. The molecular weight excluding hydrogens is 518 g/mol. The number of rotatable bonds is 0. The Morgan fingerprint density at radius 3 is 2.17 bits per heavy atom. The third-order valence-electron chi connectivity index (χ3n) is 9.83. The molecule has 194 valence electrons. The zero-order valence-electron chi connectivity index (χ0n) is 22.3. The van der Waals surface area contributed by atoms with Gasteiger partial charge >= 0.3 is 0 Å². The molecule has 4 nitrogen and oxygen atoms in total. The quantitative estimate of drug-likeness (QED) is 0.264. The number of fused-ring (bicyclic) bond motifs is 10. The lowest BCUT2D eigenvalue weighted by atomic mass is 9.30. The van der Waals surface area contributed by atoms with Crippen LogP contribution in [0.15, 0.2) is 103 Å². The van der Waals surface area contributed by atoms with Crippen molar-refractivity contribution in [3.8, 4) is 34.5 Å². The number of hydrogen-bond donors (Lipinski definition) is 0. The van der Waals surface area contributed by atoms with Crippen LogP contribution in [-0.2, 0) is 0 Å². The van der Waals surface area contributed by atoms with Gasteiger partial charge in [-0.1, -0.05) is 72.8 Å². The largest absolute Gasteiger partial charge is 0.486 e. The van der Waals surface area contributed by atoms with Gasteiger partial charge in [-0.2, -0.15) is 0 Å². The van der Waals surface area contributed by atoms with Crippen LogP contribution >= 0.6 is 0 Å². The lowest BCUT2D eigenvalue weighted by Gasteiger charge is -2.43. The zero-order chi connectivity index (χ0) is 27.1. The van der Waals surface area contributed by atoms with Gasteiger partial charge in [-0.3, -0.25) is 0 Å². The fourth-order valence-electron chi connectivity index (χ4n) is 8.18. The summed E-state index contributed by atoms with van der Waals surface area (Å²) in [6.07, 6.45) is 10.7. The molecule has 6 heteroatoms. The SMILES string of the molecule is C1=CC2Oc3c(cc4c5c(cc6c(c35)Oc3cccc5c3B6c3ccccc3O5)C=C4)B3c4ccccc4OC(=C1)C32. The van der Waals surface area contributed by atoms with Gasteiger partial charge < -0.3 is 18.9 Å². The molecule has 42 heavy (non-hydrogen) atoms. The minimum atomic E-state index is -0.135. The predicted molar refractivity (Wildman–Crippen MR) is 168 cm³/mol. The van der Waals surface area contributed by atoms with E-state index in [0.29, 0.717) is 0 Å². The highest BCUT2D eigenvalue weighted by Gasteiger charge is 2.50. The second kappa shape index (κ2) is 7.40. The Hall–Kier alpha value is -5.09. The summed E-state index contributed by atoms with van der Waals surface area (Å²) in [7, 11) is 0. The van der Waals surface area contributed by atoms with Crippen molar-refractivity contribution in [1.82, 2.24) is 0 Å². The third kappa shape index (κ3) is 2.53. The van der Waals surface area contributed by atoms with Gasteiger partial charge in [-0.05, 0) is 69.4 Å². The number of benzene rings is 5. The molecule has 0 fully saturated rings. The van der Waals surface area contributed by atoms with Crippen molar-refractivity contribution in [3.05, 3.63) is 114 Å². The normalized spacial score (nSPS) is 20.0. The van der Waals surface area contributed by atoms with Gasteiger partial charge in [0.05, 0.1) is 5.39 Å². The first-order chi connectivity index (χ1) is 20.8. The third-order valence-corrected chi connectivity index (χ3v) is 9.83. The summed E-state index contributed by atoms with van der Waals surface area (Å²) in [5.41, 5.74) is 8.20. The molecule has 2 unspecified atom stereocenters. The average molecular weight is 538 g/mol. The minimum Gasteiger partial charge on any atom is -0.486 e. The van der Waals surface area contributed by atoms with Crippen molar-refractivity contribution < 1.29 is 18.9 Å². The molecule has 4 aliphatic heterocycles. The molecule has 0 saturated heterocycles. The van der Waals surface area contributed by atoms with Gasteiger partial charge in [0.2, 0.25) is 6.71 Å². The molecule has 0 spiro atoms. The van der Waals surface area contributed by atoms with Crippen LogP contribution in [0.25, 0.3) is 22.9 Å². The highest BCUT2D eigenvalue weighted by Crippen LogP contribution is 2.49. The zero-order valence-corrected chi connectivity index (χ0v) is 22.3. The summed E-state index contributed by atoms with van der Waals surface area (Å²) in [6.45, 7) is 0.114. The van der Waals surface area contributed by atoms with Crippen LogP contribution in [0.2, 0.25) is 5.82 Å². The van der Waals surface area contributed by atoms with Crippen molar-refractivity contribution in [2.45, 2.75) is 11.9 Å². The first-order valence-corrected chi connectivity index (χ1v) is 14.6. The molecule has 6 aliphatic rings. The van der Waals surface area contributed by atoms with E-state index in [9.17, 15) is 0 Å². The molecule has 2 atom stereocenters. The van der Waals surface area contributed by atoms with Gasteiger partial charge in [0.1, 0.15) is 46.4 Å². The maximum Gasteiger partial charge on any atom is 0.260 e. The first kappa shape index (κ1) is 21.6. The molecule has 0 N–H and O–H groups in total. The number of ether oxygens (including phenoxy) is 4. The Morgan fingerprint density at radius 2 is 1.31 bits per heavy atom. The van der Waals surface area contributed by atoms with E-state index in [4.69, 9.17) is 18.9 Å². The van der Waals surface area contributed by atoms with E-state index < -0.39 is 0 Å². The Morgan fingerprint density at radius 1 is 0.595 bits per heavy atom. The fourth-order valence-corrected chi connectivity index (χ4v) is 8.18. The molecule has 0 saturated carbocycles. The summed E-state index contributed by atoms with van der Waals surface area (Å²) < 4.78 is 26.8. The summed E-state index contributed by atoms with van der Waals surface area (Å²) in [5, 5.41) is 2.26. The molecule has 0 aromatic heterocycles. The maximum absolute atomic E-state index is 7.03. The maximum atomic E-state index is 7.03. The molecule has 5 aromatic carbocycles. The Labute approximate surface area is 242 Å². The van der Waals surface area contributed by atoms with Crippen molar-refractivity contribution in [2.75, 3.05) is 0 Å². The van der Waals surface area contributed by atoms with E-state index >= 15 is 0 Å². The fraction of sp³-hybridized carbons (Fsp3) is 0.0556. The summed E-state index contributed by atoms with van der Waals surface area (Å²) >= 11 is 0. The molecular formula is C36H20B2O4. The van der Waals surface area contributed by atoms with E-state index in [1.807, 2.05) is 24.3 Å². The lowest BCUT2D eigenvalue weighted by Crippen LogP contribution is -2.59. The number of para-hydroxylation sites is 2. The monoisotopic (exact) mass is 538 g/mol. The van der Waals surface area contributed by atoms with Crippen LogP contribution in [0.3, 0.4) is 0 Å². The van der Waals surface area contributed by atoms with Gasteiger partial charge in [0.15, 0.2) is 0 Å². The first-order valence-electron chi connectivity index (χ1n) is 14.6. The summed E-state index contributed by atoms with van der Waals surface area (Å²) in [4.78, 5) is 0. The summed E-state index contributed by atoms with van der Waals surface area (Å²) in [6, 6.07) is 27.6. The second-order valence-electron chi connectivity index (χ2n) is 11.9. The van der Waals surface area contributed by atoms with Crippen LogP contribution in [0.5, 0.6) is 34.5 Å². The van der Waals surface area contributed by atoms with Crippen molar-refractivity contribution >= 4 is 63.7 Å². The van der Waals surface area contributed by atoms with E-state index in [2.05, 4.69) is 85.0 Å². The Balaban J connectivity index is 1.25. The Kier molecular flexibility index (Phi) is 3.81.